The molecule has 0 aliphatic heterocycles. The summed E-state index contributed by atoms with van der Waals surface area (Å²) in [6.07, 6.45) is 0. The van der Waals surface area contributed by atoms with Gasteiger partial charge in [-0.3, -0.25) is 0 Å². The van der Waals surface area contributed by atoms with Crippen LogP contribution in [0.1, 0.15) is 30.5 Å². The molecule has 0 aromatic carbocycles. The number of thiophene rings is 1. The SMILES string of the molecule is Cc1cc(-c2csc(NC(C)(C)C)n2)c(C)s1. The van der Waals surface area contributed by atoms with Gasteiger partial charge >= 0.3 is 0 Å². The van der Waals surface area contributed by atoms with E-state index >= 15 is 0 Å². The molecule has 0 fully saturated rings. The van der Waals surface area contributed by atoms with E-state index in [2.05, 4.69) is 56.4 Å². The maximum absolute atomic E-state index is 4.65. The maximum Gasteiger partial charge on any atom is 0.183 e. The Morgan fingerprint density at radius 3 is 2.47 bits per heavy atom. The van der Waals surface area contributed by atoms with Gasteiger partial charge in [-0.05, 0) is 40.7 Å². The van der Waals surface area contributed by atoms with Crippen LogP contribution >= 0.6 is 22.7 Å². The van der Waals surface area contributed by atoms with E-state index in [1.165, 1.54) is 15.3 Å². The minimum Gasteiger partial charge on any atom is -0.357 e. The van der Waals surface area contributed by atoms with Crippen molar-refractivity contribution in [1.82, 2.24) is 4.98 Å². The Balaban J connectivity index is 2.27. The van der Waals surface area contributed by atoms with Crippen molar-refractivity contribution in [3.63, 3.8) is 0 Å². The first-order chi connectivity index (χ1) is 7.85. The van der Waals surface area contributed by atoms with Crippen molar-refractivity contribution >= 4 is 27.8 Å². The molecule has 0 amide bonds. The number of thiazole rings is 1. The molecule has 4 heteroatoms. The van der Waals surface area contributed by atoms with Crippen molar-refractivity contribution in [2.45, 2.75) is 40.2 Å². The Kier molecular flexibility index (Phi) is 3.27. The van der Waals surface area contributed by atoms with Gasteiger partial charge in [0.15, 0.2) is 5.13 Å². The number of nitrogens with zero attached hydrogens (tertiary/aromatic N) is 1. The number of anilines is 1. The fourth-order valence-electron chi connectivity index (χ4n) is 1.66. The zero-order valence-electron chi connectivity index (χ0n) is 10.9. The van der Waals surface area contributed by atoms with Gasteiger partial charge in [-0.25, -0.2) is 4.98 Å². The Morgan fingerprint density at radius 1 is 1.24 bits per heavy atom. The Hall–Kier alpha value is -0.870. The molecule has 92 valence electrons. The van der Waals surface area contributed by atoms with Gasteiger partial charge < -0.3 is 5.32 Å². The molecule has 0 aliphatic rings. The molecule has 0 aliphatic carbocycles. The monoisotopic (exact) mass is 266 g/mol. The summed E-state index contributed by atoms with van der Waals surface area (Å²) < 4.78 is 0. The van der Waals surface area contributed by atoms with Crippen molar-refractivity contribution in [3.05, 3.63) is 21.2 Å². The highest BCUT2D eigenvalue weighted by molar-refractivity contribution is 7.14. The Labute approximate surface area is 111 Å². The topological polar surface area (TPSA) is 24.9 Å². The van der Waals surface area contributed by atoms with E-state index < -0.39 is 0 Å². The lowest BCUT2D eigenvalue weighted by Gasteiger charge is -2.19. The summed E-state index contributed by atoms with van der Waals surface area (Å²) in [5.41, 5.74) is 2.42. The van der Waals surface area contributed by atoms with Crippen molar-refractivity contribution in [1.29, 1.82) is 0 Å². The average Bonchev–Trinajstić information content (AvgIpc) is 2.70. The van der Waals surface area contributed by atoms with E-state index in [1.807, 2.05) is 11.3 Å². The van der Waals surface area contributed by atoms with Gasteiger partial charge in [0.25, 0.3) is 0 Å². The number of rotatable bonds is 2. The fourth-order valence-corrected chi connectivity index (χ4v) is 3.51. The summed E-state index contributed by atoms with van der Waals surface area (Å²) in [4.78, 5) is 7.34. The Bertz CT molecular complexity index is 518. The van der Waals surface area contributed by atoms with E-state index in [0.29, 0.717) is 0 Å². The first kappa shape index (κ1) is 12.6. The maximum atomic E-state index is 4.65. The molecule has 2 aromatic heterocycles. The Morgan fingerprint density at radius 2 is 1.94 bits per heavy atom. The van der Waals surface area contributed by atoms with Crippen LogP contribution in [0.4, 0.5) is 5.13 Å². The molecule has 0 saturated carbocycles. The first-order valence-corrected chi connectivity index (χ1v) is 7.36. The minimum atomic E-state index is 0.0642. The summed E-state index contributed by atoms with van der Waals surface area (Å²) in [6.45, 7) is 10.7. The third-order valence-corrected chi connectivity index (χ3v) is 4.03. The molecule has 0 atom stereocenters. The summed E-state index contributed by atoms with van der Waals surface area (Å²) in [5.74, 6) is 0. The highest BCUT2D eigenvalue weighted by Gasteiger charge is 2.14. The van der Waals surface area contributed by atoms with Gasteiger partial charge in [0, 0.05) is 26.2 Å². The molecular weight excluding hydrogens is 248 g/mol. The second-order valence-corrected chi connectivity index (χ2v) is 7.56. The second kappa shape index (κ2) is 4.42. The standard InChI is InChI=1S/C13H18N2S2/c1-8-6-10(9(2)17-8)11-7-16-12(14-11)15-13(3,4)5/h6-7H,1-5H3,(H,14,15). The average molecular weight is 266 g/mol. The number of hydrogen-bond acceptors (Lipinski definition) is 4. The van der Waals surface area contributed by atoms with Crippen LogP contribution in [-0.4, -0.2) is 10.5 Å². The van der Waals surface area contributed by atoms with E-state index in [-0.39, 0.29) is 5.54 Å². The van der Waals surface area contributed by atoms with Crippen LogP contribution in [-0.2, 0) is 0 Å². The van der Waals surface area contributed by atoms with Crippen molar-refractivity contribution < 1.29 is 0 Å². The summed E-state index contributed by atoms with van der Waals surface area (Å²) in [6, 6.07) is 2.22. The van der Waals surface area contributed by atoms with E-state index in [0.717, 1.165) is 10.8 Å². The molecule has 0 unspecified atom stereocenters. The van der Waals surface area contributed by atoms with Crippen LogP contribution in [0.2, 0.25) is 0 Å². The predicted molar refractivity (Wildman–Crippen MR) is 78.3 cm³/mol. The lowest BCUT2D eigenvalue weighted by Crippen LogP contribution is -2.25. The smallest absolute Gasteiger partial charge is 0.183 e. The lowest BCUT2D eigenvalue weighted by atomic mass is 10.1. The number of nitrogens with one attached hydrogen (secondary N) is 1. The summed E-state index contributed by atoms with van der Waals surface area (Å²) in [7, 11) is 0. The minimum absolute atomic E-state index is 0.0642. The predicted octanol–water partition coefficient (Wildman–Crippen LogP) is 4.70. The van der Waals surface area contributed by atoms with Gasteiger partial charge in [-0.1, -0.05) is 0 Å². The van der Waals surface area contributed by atoms with Gasteiger partial charge in [0.1, 0.15) is 0 Å². The highest BCUT2D eigenvalue weighted by Crippen LogP contribution is 2.33. The third-order valence-electron chi connectivity index (χ3n) is 2.30. The molecule has 2 heterocycles. The molecule has 17 heavy (non-hydrogen) atoms. The molecule has 2 rings (SSSR count). The van der Waals surface area contributed by atoms with Crippen LogP contribution in [0.25, 0.3) is 11.3 Å². The molecule has 2 nitrogen and oxygen atoms in total. The van der Waals surface area contributed by atoms with Gasteiger partial charge in [0.2, 0.25) is 0 Å². The van der Waals surface area contributed by atoms with Crippen LogP contribution in [0.5, 0.6) is 0 Å². The van der Waals surface area contributed by atoms with E-state index in [1.54, 1.807) is 11.3 Å². The van der Waals surface area contributed by atoms with Crippen molar-refractivity contribution in [2.75, 3.05) is 5.32 Å². The molecule has 0 saturated heterocycles. The molecule has 0 bridgehead atoms. The molecule has 1 N–H and O–H groups in total. The molecule has 0 radical (unpaired) electrons. The van der Waals surface area contributed by atoms with Crippen molar-refractivity contribution in [3.8, 4) is 11.3 Å². The number of aryl methyl sites for hydroxylation is 2. The van der Waals surface area contributed by atoms with Gasteiger partial charge in [-0.2, -0.15) is 0 Å². The third kappa shape index (κ3) is 3.07. The molecule has 2 aromatic rings. The first-order valence-electron chi connectivity index (χ1n) is 5.66. The zero-order valence-corrected chi connectivity index (χ0v) is 12.6. The van der Waals surface area contributed by atoms with Crippen LogP contribution in [0.3, 0.4) is 0 Å². The van der Waals surface area contributed by atoms with Crippen LogP contribution in [0.15, 0.2) is 11.4 Å². The molecular formula is C13H18N2S2. The largest absolute Gasteiger partial charge is 0.357 e. The number of aromatic nitrogens is 1. The lowest BCUT2D eigenvalue weighted by molar-refractivity contribution is 0.633. The van der Waals surface area contributed by atoms with Crippen LogP contribution < -0.4 is 5.32 Å². The van der Waals surface area contributed by atoms with E-state index in [4.69, 9.17) is 0 Å². The zero-order chi connectivity index (χ0) is 12.6. The summed E-state index contributed by atoms with van der Waals surface area (Å²) >= 11 is 3.50. The van der Waals surface area contributed by atoms with Gasteiger partial charge in [0.05, 0.1) is 5.69 Å². The van der Waals surface area contributed by atoms with Gasteiger partial charge in [-0.15, -0.1) is 22.7 Å². The second-order valence-electron chi connectivity index (χ2n) is 5.24. The molecule has 0 spiro atoms. The van der Waals surface area contributed by atoms with Crippen LogP contribution in [0, 0.1) is 13.8 Å². The van der Waals surface area contributed by atoms with Crippen molar-refractivity contribution in [2.24, 2.45) is 0 Å². The fraction of sp³-hybridized carbons (Fsp3) is 0.462. The summed E-state index contributed by atoms with van der Waals surface area (Å²) in [5, 5.41) is 6.53. The normalized spacial score (nSPS) is 11.8. The van der Waals surface area contributed by atoms with E-state index in [9.17, 15) is 0 Å². The quantitative estimate of drug-likeness (QED) is 0.852. The number of hydrogen-bond donors (Lipinski definition) is 1. The highest BCUT2D eigenvalue weighted by atomic mass is 32.1.